The zero-order valence-electron chi connectivity index (χ0n) is 13.2. The molecule has 1 aliphatic carbocycles. The van der Waals surface area contributed by atoms with E-state index in [1.54, 1.807) is 0 Å². The highest BCUT2D eigenvalue weighted by Crippen LogP contribution is 2.34. The van der Waals surface area contributed by atoms with Crippen LogP contribution < -0.4 is 11.1 Å². The van der Waals surface area contributed by atoms with Crippen molar-refractivity contribution in [3.05, 3.63) is 35.2 Å². The summed E-state index contributed by atoms with van der Waals surface area (Å²) in [6.07, 6.45) is 5.06. The number of carbonyl (C=O) groups excluding carboxylic acids is 1. The summed E-state index contributed by atoms with van der Waals surface area (Å²) in [6, 6.07) is 8.50. The fourth-order valence-electron chi connectivity index (χ4n) is 2.27. The van der Waals surface area contributed by atoms with Crippen LogP contribution in [0.2, 0.25) is 0 Å². The van der Waals surface area contributed by atoms with Crippen molar-refractivity contribution in [3.8, 4) is 11.3 Å². The van der Waals surface area contributed by atoms with Gasteiger partial charge in [0.15, 0.2) is 5.13 Å². The van der Waals surface area contributed by atoms with Crippen LogP contribution in [0, 0.1) is 0 Å². The second-order valence-electron chi connectivity index (χ2n) is 5.95. The minimum Gasteiger partial charge on any atom is -0.317 e. The maximum atomic E-state index is 11.9. The molecule has 3 N–H and O–H groups in total. The van der Waals surface area contributed by atoms with Gasteiger partial charge >= 0.3 is 0 Å². The van der Waals surface area contributed by atoms with Crippen LogP contribution in [0.25, 0.3) is 11.3 Å². The molecule has 0 radical (unpaired) electrons. The first-order valence-corrected chi connectivity index (χ1v) is 8.64. The van der Waals surface area contributed by atoms with Crippen LogP contribution in [0.5, 0.6) is 0 Å². The fourth-order valence-corrected chi connectivity index (χ4v) is 2.98. The average Bonchev–Trinajstić information content (AvgIpc) is 3.11. The Bertz CT molecular complexity index is 665. The van der Waals surface area contributed by atoms with Gasteiger partial charge in [0.1, 0.15) is 0 Å². The first-order chi connectivity index (χ1) is 10.6. The van der Waals surface area contributed by atoms with Gasteiger partial charge in [0.25, 0.3) is 0 Å². The third-order valence-corrected chi connectivity index (χ3v) is 4.79. The number of hydrogen-bond acceptors (Lipinski definition) is 4. The lowest BCUT2D eigenvalue weighted by Gasteiger charge is -2.06. The molecule has 1 amide bonds. The number of carbonyl (C=O) groups is 1. The minimum absolute atomic E-state index is 0. The fraction of sp³-hybridized carbons (Fsp3) is 0.412. The van der Waals surface area contributed by atoms with Crippen molar-refractivity contribution in [2.24, 2.45) is 5.73 Å². The molecule has 1 aromatic heterocycles. The highest BCUT2D eigenvalue weighted by atomic mass is 35.5. The van der Waals surface area contributed by atoms with E-state index in [1.165, 1.54) is 29.7 Å². The molecule has 1 aromatic carbocycles. The van der Waals surface area contributed by atoms with Crippen LogP contribution in [0.15, 0.2) is 29.6 Å². The van der Waals surface area contributed by atoms with E-state index in [9.17, 15) is 4.79 Å². The zero-order valence-corrected chi connectivity index (χ0v) is 14.8. The monoisotopic (exact) mass is 351 g/mol. The Morgan fingerprint density at radius 3 is 2.65 bits per heavy atom. The lowest BCUT2D eigenvalue weighted by Crippen LogP contribution is -2.37. The molecule has 0 spiro atoms. The van der Waals surface area contributed by atoms with Crippen LogP contribution in [0.1, 0.15) is 38.2 Å². The van der Waals surface area contributed by atoms with Gasteiger partial charge in [0.05, 0.1) is 11.2 Å². The number of anilines is 1. The third-order valence-electron chi connectivity index (χ3n) is 4.03. The number of halogens is 1. The smallest absolute Gasteiger partial charge is 0.246 e. The first-order valence-electron chi connectivity index (χ1n) is 7.76. The standard InChI is InChI=1S/C17H21N3OS.ClH/c1-2-3-4-12-5-7-13(8-6-12)14-11-22-16(19-14)20-15(21)17(18)9-10-17;/h5-8,11H,2-4,9-10,18H2,1H3,(H,19,20,21);1H. The first kappa shape index (κ1) is 17.9. The molecule has 0 atom stereocenters. The Labute approximate surface area is 146 Å². The molecule has 4 nitrogen and oxygen atoms in total. The minimum atomic E-state index is -0.660. The molecule has 2 aromatic rings. The second kappa shape index (κ2) is 7.43. The van der Waals surface area contributed by atoms with Gasteiger partial charge in [0, 0.05) is 10.9 Å². The van der Waals surface area contributed by atoms with E-state index in [1.807, 2.05) is 5.38 Å². The van der Waals surface area contributed by atoms with Crippen molar-refractivity contribution in [3.63, 3.8) is 0 Å². The van der Waals surface area contributed by atoms with Crippen molar-refractivity contribution in [2.75, 3.05) is 5.32 Å². The lowest BCUT2D eigenvalue weighted by atomic mass is 10.1. The van der Waals surface area contributed by atoms with Crippen molar-refractivity contribution in [1.82, 2.24) is 4.98 Å². The summed E-state index contributed by atoms with van der Waals surface area (Å²) in [6.45, 7) is 2.20. The van der Waals surface area contributed by atoms with E-state index in [-0.39, 0.29) is 18.3 Å². The van der Waals surface area contributed by atoms with Crippen molar-refractivity contribution < 1.29 is 4.79 Å². The van der Waals surface area contributed by atoms with Gasteiger partial charge in [-0.15, -0.1) is 23.7 Å². The number of rotatable bonds is 6. The maximum absolute atomic E-state index is 11.9. The number of nitrogens with zero attached hydrogens (tertiary/aromatic N) is 1. The summed E-state index contributed by atoms with van der Waals surface area (Å²) >= 11 is 1.44. The van der Waals surface area contributed by atoms with E-state index in [4.69, 9.17) is 5.73 Å². The van der Waals surface area contributed by atoms with E-state index in [0.29, 0.717) is 5.13 Å². The molecule has 0 bridgehead atoms. The van der Waals surface area contributed by atoms with Gasteiger partial charge < -0.3 is 11.1 Å². The molecule has 124 valence electrons. The van der Waals surface area contributed by atoms with Crippen molar-refractivity contribution in [2.45, 2.75) is 44.6 Å². The summed E-state index contributed by atoms with van der Waals surface area (Å²) in [5.41, 5.74) is 8.54. The summed E-state index contributed by atoms with van der Waals surface area (Å²) in [5.74, 6) is -0.122. The quantitative estimate of drug-likeness (QED) is 0.826. The topological polar surface area (TPSA) is 68.0 Å². The largest absolute Gasteiger partial charge is 0.317 e. The molecule has 1 saturated carbocycles. The second-order valence-corrected chi connectivity index (χ2v) is 6.81. The van der Waals surface area contributed by atoms with Crippen molar-refractivity contribution >= 4 is 34.8 Å². The van der Waals surface area contributed by atoms with Gasteiger partial charge in [0.2, 0.25) is 5.91 Å². The zero-order chi connectivity index (χ0) is 15.6. The number of nitrogens with one attached hydrogen (secondary N) is 1. The number of aromatic nitrogens is 1. The summed E-state index contributed by atoms with van der Waals surface area (Å²) in [7, 11) is 0. The molecule has 23 heavy (non-hydrogen) atoms. The molecule has 0 unspecified atom stereocenters. The molecule has 3 rings (SSSR count). The van der Waals surface area contributed by atoms with E-state index >= 15 is 0 Å². The van der Waals surface area contributed by atoms with Crippen LogP contribution in [0.4, 0.5) is 5.13 Å². The van der Waals surface area contributed by atoms with Crippen molar-refractivity contribution in [1.29, 1.82) is 0 Å². The van der Waals surface area contributed by atoms with E-state index in [0.717, 1.165) is 30.5 Å². The molecule has 1 heterocycles. The molecule has 0 saturated heterocycles. The number of hydrogen-bond donors (Lipinski definition) is 2. The molecule has 6 heteroatoms. The van der Waals surface area contributed by atoms with Gasteiger partial charge in [-0.25, -0.2) is 4.98 Å². The summed E-state index contributed by atoms with van der Waals surface area (Å²) < 4.78 is 0. The normalized spacial score (nSPS) is 14.9. The summed E-state index contributed by atoms with van der Waals surface area (Å²) in [4.78, 5) is 16.4. The summed E-state index contributed by atoms with van der Waals surface area (Å²) in [5, 5.41) is 5.40. The maximum Gasteiger partial charge on any atom is 0.246 e. The molecular formula is C17H22ClN3OS. The Kier molecular flexibility index (Phi) is 5.79. The van der Waals surface area contributed by atoms with E-state index in [2.05, 4.69) is 41.5 Å². The molecule has 0 aliphatic heterocycles. The predicted molar refractivity (Wildman–Crippen MR) is 98.2 cm³/mol. The average molecular weight is 352 g/mol. The Morgan fingerprint density at radius 1 is 1.35 bits per heavy atom. The molecule has 1 aliphatic rings. The van der Waals surface area contributed by atoms with Crippen LogP contribution >= 0.6 is 23.7 Å². The number of amides is 1. The third kappa shape index (κ3) is 4.31. The highest BCUT2D eigenvalue weighted by molar-refractivity contribution is 7.14. The van der Waals surface area contributed by atoms with E-state index < -0.39 is 5.54 Å². The van der Waals surface area contributed by atoms with Gasteiger partial charge in [-0.1, -0.05) is 37.6 Å². The Morgan fingerprint density at radius 2 is 2.04 bits per heavy atom. The number of nitrogens with two attached hydrogens (primary N) is 1. The number of aryl methyl sites for hydroxylation is 1. The number of unbranched alkanes of at least 4 members (excludes halogenated alkanes) is 1. The van der Waals surface area contributed by atoms with Gasteiger partial charge in [-0.2, -0.15) is 0 Å². The van der Waals surface area contributed by atoms with Crippen LogP contribution in [-0.2, 0) is 11.2 Å². The Hall–Kier alpha value is -1.43. The lowest BCUT2D eigenvalue weighted by molar-refractivity contribution is -0.118. The molecule has 1 fully saturated rings. The number of benzene rings is 1. The van der Waals surface area contributed by atoms with Gasteiger partial charge in [-0.05, 0) is 31.2 Å². The van der Waals surface area contributed by atoms with Crippen LogP contribution in [-0.4, -0.2) is 16.4 Å². The SMILES string of the molecule is CCCCc1ccc(-c2csc(NC(=O)C3(N)CC3)n2)cc1.Cl. The Balaban J connectivity index is 0.00000192. The number of thiazole rings is 1. The highest BCUT2D eigenvalue weighted by Gasteiger charge is 2.46. The predicted octanol–water partition coefficient (Wildman–Crippen LogP) is 4.00. The molecular weight excluding hydrogens is 330 g/mol. The van der Waals surface area contributed by atoms with Gasteiger partial charge in [-0.3, -0.25) is 4.79 Å². The van der Waals surface area contributed by atoms with Crippen LogP contribution in [0.3, 0.4) is 0 Å².